The van der Waals surface area contributed by atoms with Crippen LogP contribution in [0.15, 0.2) is 24.3 Å². The number of fused-ring (bicyclic) bond motifs is 1. The molecule has 8 heteroatoms. The molecule has 1 aliphatic rings. The second kappa shape index (κ2) is 9.36. The van der Waals surface area contributed by atoms with Gasteiger partial charge in [-0.05, 0) is 56.9 Å². The highest BCUT2D eigenvalue weighted by Crippen LogP contribution is 2.22. The fraction of sp³-hybridized carbons (Fsp3) is 0.429. The Morgan fingerprint density at radius 2 is 1.86 bits per heavy atom. The van der Waals surface area contributed by atoms with E-state index in [0.29, 0.717) is 37.4 Å². The zero-order valence-corrected chi connectivity index (χ0v) is 16.8. The molecule has 154 valence electrons. The van der Waals surface area contributed by atoms with E-state index in [1.165, 1.54) is 0 Å². The van der Waals surface area contributed by atoms with Crippen molar-refractivity contribution in [2.75, 3.05) is 18.5 Å². The molecule has 1 aromatic heterocycles. The largest absolute Gasteiger partial charge is 0.462 e. The Hall–Kier alpha value is -3.16. The third-order valence-corrected chi connectivity index (χ3v) is 4.73. The summed E-state index contributed by atoms with van der Waals surface area (Å²) in [6.45, 7) is 5.27. The molecule has 3 rings (SSSR count). The van der Waals surface area contributed by atoms with Crippen molar-refractivity contribution < 1.29 is 19.1 Å². The Balaban J connectivity index is 1.79. The van der Waals surface area contributed by atoms with Gasteiger partial charge in [0.05, 0.1) is 17.9 Å². The lowest BCUT2D eigenvalue weighted by molar-refractivity contribution is 0.0526. The molecule has 2 N–H and O–H groups in total. The summed E-state index contributed by atoms with van der Waals surface area (Å²) in [7, 11) is 0. The van der Waals surface area contributed by atoms with Gasteiger partial charge in [-0.25, -0.2) is 9.78 Å². The molecule has 0 fully saturated rings. The highest BCUT2D eigenvalue weighted by molar-refractivity contribution is 6.05. The fourth-order valence-electron chi connectivity index (χ4n) is 3.31. The Morgan fingerprint density at radius 1 is 1.10 bits per heavy atom. The third-order valence-electron chi connectivity index (χ3n) is 4.73. The summed E-state index contributed by atoms with van der Waals surface area (Å²) in [5.74, 6) is -0.742. The SMILES string of the molecule is CCCNC(=O)c1nc(C(=O)Nc2ccc(C(=O)OCC)cc2)c2n1CCCC2. The zero-order valence-electron chi connectivity index (χ0n) is 16.8. The molecule has 0 aliphatic carbocycles. The van der Waals surface area contributed by atoms with Gasteiger partial charge < -0.3 is 19.9 Å². The van der Waals surface area contributed by atoms with E-state index in [9.17, 15) is 14.4 Å². The van der Waals surface area contributed by atoms with Gasteiger partial charge in [0.15, 0.2) is 11.5 Å². The van der Waals surface area contributed by atoms with Gasteiger partial charge in [-0.2, -0.15) is 0 Å². The van der Waals surface area contributed by atoms with E-state index in [1.54, 1.807) is 31.2 Å². The minimum atomic E-state index is -0.406. The molecule has 29 heavy (non-hydrogen) atoms. The predicted octanol–water partition coefficient (Wildman–Crippen LogP) is 2.79. The summed E-state index contributed by atoms with van der Waals surface area (Å²) >= 11 is 0. The zero-order chi connectivity index (χ0) is 20.8. The maximum absolute atomic E-state index is 12.8. The standard InChI is InChI=1S/C21H26N4O4/c1-3-12-22-20(27)18-24-17(16-7-5-6-13-25(16)18)19(26)23-15-10-8-14(9-11-15)21(28)29-4-2/h8-11H,3-7,12-13H2,1-2H3,(H,22,27)(H,23,26). The number of nitrogens with one attached hydrogen (secondary N) is 2. The summed E-state index contributed by atoms with van der Waals surface area (Å²) in [6.07, 6.45) is 3.44. The smallest absolute Gasteiger partial charge is 0.338 e. The lowest BCUT2D eigenvalue weighted by atomic mass is 10.1. The Kier molecular flexibility index (Phi) is 6.64. The van der Waals surface area contributed by atoms with Crippen LogP contribution in [0.2, 0.25) is 0 Å². The van der Waals surface area contributed by atoms with E-state index in [-0.39, 0.29) is 23.3 Å². The lowest BCUT2D eigenvalue weighted by Crippen LogP contribution is -2.28. The Bertz CT molecular complexity index is 902. The first kappa shape index (κ1) is 20.6. The first-order valence-corrected chi connectivity index (χ1v) is 10.0. The van der Waals surface area contributed by atoms with E-state index in [4.69, 9.17) is 4.74 Å². The number of carbonyl (C=O) groups excluding carboxylic acids is 3. The van der Waals surface area contributed by atoms with Gasteiger partial charge in [-0.1, -0.05) is 6.92 Å². The van der Waals surface area contributed by atoms with Crippen molar-refractivity contribution in [1.29, 1.82) is 0 Å². The highest BCUT2D eigenvalue weighted by atomic mass is 16.5. The van der Waals surface area contributed by atoms with E-state index < -0.39 is 5.97 Å². The van der Waals surface area contributed by atoms with Crippen molar-refractivity contribution in [3.63, 3.8) is 0 Å². The van der Waals surface area contributed by atoms with Crippen molar-refractivity contribution in [2.45, 2.75) is 46.1 Å². The molecule has 8 nitrogen and oxygen atoms in total. The number of anilines is 1. The van der Waals surface area contributed by atoms with Crippen LogP contribution in [0, 0.1) is 0 Å². The molecule has 0 bridgehead atoms. The number of rotatable bonds is 7. The molecule has 0 radical (unpaired) electrons. The summed E-state index contributed by atoms with van der Waals surface area (Å²) in [4.78, 5) is 41.4. The number of hydrogen-bond acceptors (Lipinski definition) is 5. The fourth-order valence-corrected chi connectivity index (χ4v) is 3.31. The van der Waals surface area contributed by atoms with Gasteiger partial charge in [-0.3, -0.25) is 9.59 Å². The first-order valence-electron chi connectivity index (χ1n) is 10.0. The minimum Gasteiger partial charge on any atom is -0.462 e. The molecule has 0 saturated heterocycles. The number of nitrogens with zero attached hydrogens (tertiary/aromatic N) is 2. The van der Waals surface area contributed by atoms with E-state index in [0.717, 1.165) is 25.0 Å². The van der Waals surface area contributed by atoms with E-state index in [1.807, 2.05) is 11.5 Å². The maximum Gasteiger partial charge on any atom is 0.338 e. The quantitative estimate of drug-likeness (QED) is 0.698. The van der Waals surface area contributed by atoms with Crippen LogP contribution in [0.3, 0.4) is 0 Å². The molecule has 0 saturated carbocycles. The molecule has 1 aromatic carbocycles. The number of carbonyl (C=O) groups is 3. The van der Waals surface area contributed by atoms with Crippen molar-refractivity contribution in [3.05, 3.63) is 47.0 Å². The second-order valence-electron chi connectivity index (χ2n) is 6.85. The first-order chi connectivity index (χ1) is 14.0. The molecule has 0 spiro atoms. The number of aromatic nitrogens is 2. The minimum absolute atomic E-state index is 0.257. The van der Waals surface area contributed by atoms with Crippen LogP contribution in [0.1, 0.15) is 70.3 Å². The van der Waals surface area contributed by atoms with Gasteiger partial charge in [-0.15, -0.1) is 0 Å². The summed E-state index contributed by atoms with van der Waals surface area (Å²) < 4.78 is 6.81. The maximum atomic E-state index is 12.8. The topological polar surface area (TPSA) is 102 Å². The summed E-state index contributed by atoms with van der Waals surface area (Å²) in [5.41, 5.74) is 2.02. The number of imidazole rings is 1. The number of esters is 1. The Morgan fingerprint density at radius 3 is 2.55 bits per heavy atom. The number of benzene rings is 1. The molecule has 1 aliphatic heterocycles. The van der Waals surface area contributed by atoms with Crippen molar-refractivity contribution in [1.82, 2.24) is 14.9 Å². The molecule has 0 atom stereocenters. The average Bonchev–Trinajstić information content (AvgIpc) is 3.12. The van der Waals surface area contributed by atoms with Crippen LogP contribution in [-0.4, -0.2) is 40.5 Å². The predicted molar refractivity (Wildman–Crippen MR) is 108 cm³/mol. The molecule has 2 amide bonds. The molecular weight excluding hydrogens is 372 g/mol. The molecule has 0 unspecified atom stereocenters. The van der Waals surface area contributed by atoms with Crippen molar-refractivity contribution >= 4 is 23.5 Å². The van der Waals surface area contributed by atoms with Gasteiger partial charge in [0.1, 0.15) is 0 Å². The van der Waals surface area contributed by atoms with Crippen LogP contribution in [0.25, 0.3) is 0 Å². The van der Waals surface area contributed by atoms with Crippen LogP contribution in [-0.2, 0) is 17.7 Å². The average molecular weight is 398 g/mol. The number of hydrogen-bond donors (Lipinski definition) is 2. The monoisotopic (exact) mass is 398 g/mol. The normalized spacial score (nSPS) is 12.8. The molecule has 2 aromatic rings. The highest BCUT2D eigenvalue weighted by Gasteiger charge is 2.27. The van der Waals surface area contributed by atoms with Gasteiger partial charge in [0, 0.05) is 18.8 Å². The van der Waals surface area contributed by atoms with Crippen LogP contribution >= 0.6 is 0 Å². The summed E-state index contributed by atoms with van der Waals surface area (Å²) in [5, 5.41) is 5.63. The summed E-state index contributed by atoms with van der Waals surface area (Å²) in [6, 6.07) is 6.48. The Labute approximate surface area is 169 Å². The van der Waals surface area contributed by atoms with Crippen LogP contribution in [0.5, 0.6) is 0 Å². The van der Waals surface area contributed by atoms with Gasteiger partial charge >= 0.3 is 5.97 Å². The third kappa shape index (κ3) is 4.64. The van der Waals surface area contributed by atoms with E-state index >= 15 is 0 Å². The second-order valence-corrected chi connectivity index (χ2v) is 6.85. The van der Waals surface area contributed by atoms with Crippen molar-refractivity contribution in [3.8, 4) is 0 Å². The van der Waals surface area contributed by atoms with Gasteiger partial charge in [0.25, 0.3) is 11.8 Å². The van der Waals surface area contributed by atoms with Crippen LogP contribution < -0.4 is 10.6 Å². The van der Waals surface area contributed by atoms with E-state index in [2.05, 4.69) is 15.6 Å². The molecule has 2 heterocycles. The molecular formula is C21H26N4O4. The van der Waals surface area contributed by atoms with Crippen LogP contribution in [0.4, 0.5) is 5.69 Å². The lowest BCUT2D eigenvalue weighted by Gasteiger charge is -2.17. The number of amides is 2. The van der Waals surface area contributed by atoms with Crippen molar-refractivity contribution in [2.24, 2.45) is 0 Å². The number of ether oxygens (including phenoxy) is 1. The van der Waals surface area contributed by atoms with Gasteiger partial charge in [0.2, 0.25) is 0 Å².